The number of amides is 1. The molecule has 92 valence electrons. The number of halogens is 2. The fourth-order valence-electron chi connectivity index (χ4n) is 1.44. The molecule has 0 bridgehead atoms. The van der Waals surface area contributed by atoms with Crippen molar-refractivity contribution in [3.63, 3.8) is 0 Å². The lowest BCUT2D eigenvalue weighted by molar-refractivity contribution is 0.102. The van der Waals surface area contributed by atoms with Crippen LogP contribution in [0, 0.1) is 18.7 Å². The largest absolute Gasteiger partial charge is 0.318 e. The molecule has 0 unspecified atom stereocenters. The van der Waals surface area contributed by atoms with E-state index in [1.54, 1.807) is 13.0 Å². The van der Waals surface area contributed by atoms with Crippen LogP contribution in [0.4, 0.5) is 14.5 Å². The number of carbonyl (C=O) groups is 1. The maximum Gasteiger partial charge on any atom is 0.274 e. The molecule has 1 heterocycles. The van der Waals surface area contributed by atoms with Crippen LogP contribution in [0.25, 0.3) is 0 Å². The third-order valence-corrected chi connectivity index (χ3v) is 2.32. The van der Waals surface area contributed by atoms with Crippen LogP contribution in [0.2, 0.25) is 0 Å². The highest BCUT2D eigenvalue weighted by molar-refractivity contribution is 6.02. The molecule has 0 atom stereocenters. The summed E-state index contributed by atoms with van der Waals surface area (Å²) in [4.78, 5) is 15.1. The van der Waals surface area contributed by atoms with Crippen LogP contribution in [-0.2, 0) is 0 Å². The van der Waals surface area contributed by atoms with E-state index < -0.39 is 17.7 Å². The molecular formula is C13H10F2N2O. The van der Waals surface area contributed by atoms with Crippen molar-refractivity contribution in [2.45, 2.75) is 6.92 Å². The quantitative estimate of drug-likeness (QED) is 0.830. The van der Waals surface area contributed by atoms with Crippen molar-refractivity contribution in [3.8, 4) is 0 Å². The Labute approximate surface area is 102 Å². The van der Waals surface area contributed by atoms with Crippen molar-refractivity contribution in [2.24, 2.45) is 0 Å². The van der Waals surface area contributed by atoms with E-state index >= 15 is 0 Å². The van der Waals surface area contributed by atoms with E-state index in [2.05, 4.69) is 10.3 Å². The van der Waals surface area contributed by atoms with Gasteiger partial charge >= 0.3 is 0 Å². The summed E-state index contributed by atoms with van der Waals surface area (Å²) in [7, 11) is 0. The molecule has 0 aliphatic carbocycles. The Morgan fingerprint density at radius 1 is 1.22 bits per heavy atom. The molecule has 0 fully saturated rings. The topological polar surface area (TPSA) is 42.0 Å². The molecule has 1 aromatic heterocycles. The van der Waals surface area contributed by atoms with E-state index in [-0.39, 0.29) is 11.4 Å². The number of hydrogen-bond acceptors (Lipinski definition) is 2. The number of rotatable bonds is 2. The average Bonchev–Trinajstić information content (AvgIpc) is 2.32. The summed E-state index contributed by atoms with van der Waals surface area (Å²) in [5, 5.41) is 2.34. The zero-order valence-electron chi connectivity index (χ0n) is 9.58. The number of hydrogen-bond donors (Lipinski definition) is 1. The number of carbonyl (C=O) groups excluding carboxylic acids is 1. The van der Waals surface area contributed by atoms with Crippen molar-refractivity contribution < 1.29 is 13.6 Å². The lowest BCUT2D eigenvalue weighted by Crippen LogP contribution is -2.15. The highest BCUT2D eigenvalue weighted by Gasteiger charge is 2.11. The van der Waals surface area contributed by atoms with Crippen LogP contribution in [0.3, 0.4) is 0 Å². The van der Waals surface area contributed by atoms with Crippen molar-refractivity contribution in [2.75, 3.05) is 5.32 Å². The first-order valence-electron chi connectivity index (χ1n) is 5.26. The fourth-order valence-corrected chi connectivity index (χ4v) is 1.44. The molecule has 0 aliphatic rings. The number of nitrogens with zero attached hydrogens (tertiary/aromatic N) is 1. The number of nitrogens with one attached hydrogen (secondary N) is 1. The molecule has 0 radical (unpaired) electrons. The molecule has 1 aromatic carbocycles. The summed E-state index contributed by atoms with van der Waals surface area (Å²) in [6, 6.07) is 8.25. The third kappa shape index (κ3) is 2.68. The smallest absolute Gasteiger partial charge is 0.274 e. The van der Waals surface area contributed by atoms with E-state index in [0.717, 1.165) is 11.6 Å². The average molecular weight is 248 g/mol. The second-order valence-electron chi connectivity index (χ2n) is 3.78. The van der Waals surface area contributed by atoms with Crippen molar-refractivity contribution in [3.05, 3.63) is 59.4 Å². The molecule has 0 aliphatic heterocycles. The predicted molar refractivity (Wildman–Crippen MR) is 63.3 cm³/mol. The van der Waals surface area contributed by atoms with Gasteiger partial charge in [-0.05, 0) is 36.8 Å². The van der Waals surface area contributed by atoms with Gasteiger partial charge in [0.05, 0.1) is 5.69 Å². The van der Waals surface area contributed by atoms with E-state index in [9.17, 15) is 13.6 Å². The van der Waals surface area contributed by atoms with Crippen LogP contribution < -0.4 is 5.32 Å². The molecule has 18 heavy (non-hydrogen) atoms. The normalized spacial score (nSPS) is 10.2. The van der Waals surface area contributed by atoms with Crippen molar-refractivity contribution >= 4 is 11.6 Å². The highest BCUT2D eigenvalue weighted by Crippen LogP contribution is 2.16. The number of aromatic nitrogens is 1. The lowest BCUT2D eigenvalue weighted by atomic mass is 10.2. The van der Waals surface area contributed by atoms with Crippen LogP contribution >= 0.6 is 0 Å². The minimum atomic E-state index is -0.757. The van der Waals surface area contributed by atoms with Crippen LogP contribution in [-0.4, -0.2) is 10.9 Å². The van der Waals surface area contributed by atoms with Crippen molar-refractivity contribution in [1.82, 2.24) is 4.98 Å². The zero-order valence-corrected chi connectivity index (χ0v) is 9.58. The van der Waals surface area contributed by atoms with Gasteiger partial charge < -0.3 is 5.32 Å². The monoisotopic (exact) mass is 248 g/mol. The van der Waals surface area contributed by atoms with E-state index in [0.29, 0.717) is 0 Å². The molecule has 1 N–H and O–H groups in total. The highest BCUT2D eigenvalue weighted by atomic mass is 19.1. The van der Waals surface area contributed by atoms with Crippen LogP contribution in [0.5, 0.6) is 0 Å². The molecule has 3 nitrogen and oxygen atoms in total. The summed E-state index contributed by atoms with van der Waals surface area (Å²) < 4.78 is 26.3. The van der Waals surface area contributed by atoms with E-state index in [4.69, 9.17) is 0 Å². The van der Waals surface area contributed by atoms with Gasteiger partial charge in [-0.25, -0.2) is 9.37 Å². The number of benzene rings is 1. The van der Waals surface area contributed by atoms with Gasteiger partial charge in [-0.3, -0.25) is 4.79 Å². The standard InChI is InChI=1S/C13H10F2N2O/c1-8-5-6-10(9(14)7-8)17-13(18)11-3-2-4-12(15)16-11/h2-7H,1H3,(H,17,18). The molecule has 5 heteroatoms. The molecule has 2 rings (SSSR count). The maximum absolute atomic E-state index is 13.5. The predicted octanol–water partition coefficient (Wildman–Crippen LogP) is 2.92. The second kappa shape index (κ2) is 4.91. The second-order valence-corrected chi connectivity index (χ2v) is 3.78. The van der Waals surface area contributed by atoms with Gasteiger partial charge in [0, 0.05) is 0 Å². The third-order valence-electron chi connectivity index (χ3n) is 2.32. The minimum Gasteiger partial charge on any atom is -0.318 e. The van der Waals surface area contributed by atoms with Crippen LogP contribution in [0.1, 0.15) is 16.1 Å². The summed E-state index contributed by atoms with van der Waals surface area (Å²) in [5.41, 5.74) is 0.681. The molecule has 1 amide bonds. The first kappa shape index (κ1) is 12.2. The molecule has 0 saturated carbocycles. The Morgan fingerprint density at radius 3 is 2.67 bits per heavy atom. The Kier molecular flexibility index (Phi) is 3.32. The van der Waals surface area contributed by atoms with Crippen molar-refractivity contribution in [1.29, 1.82) is 0 Å². The van der Waals surface area contributed by atoms with Gasteiger partial charge in [0.15, 0.2) is 0 Å². The molecule has 2 aromatic rings. The number of pyridine rings is 1. The summed E-state index contributed by atoms with van der Waals surface area (Å²) in [6.07, 6.45) is 0. The molecule has 0 saturated heterocycles. The van der Waals surface area contributed by atoms with Gasteiger partial charge in [0.1, 0.15) is 11.5 Å². The Morgan fingerprint density at radius 2 is 2.00 bits per heavy atom. The first-order valence-corrected chi connectivity index (χ1v) is 5.26. The molecule has 0 spiro atoms. The molecular weight excluding hydrogens is 238 g/mol. The summed E-state index contributed by atoms with van der Waals surface area (Å²) >= 11 is 0. The zero-order chi connectivity index (χ0) is 13.1. The number of aryl methyl sites for hydroxylation is 1. The van der Waals surface area contributed by atoms with Gasteiger partial charge in [0.25, 0.3) is 5.91 Å². The van der Waals surface area contributed by atoms with Gasteiger partial charge in [-0.2, -0.15) is 4.39 Å². The fraction of sp³-hybridized carbons (Fsp3) is 0.0769. The Balaban J connectivity index is 2.21. The Bertz CT molecular complexity index is 599. The van der Waals surface area contributed by atoms with Gasteiger partial charge in [-0.15, -0.1) is 0 Å². The summed E-state index contributed by atoms with van der Waals surface area (Å²) in [5.74, 6) is -1.95. The lowest BCUT2D eigenvalue weighted by Gasteiger charge is -2.06. The number of anilines is 1. The summed E-state index contributed by atoms with van der Waals surface area (Å²) in [6.45, 7) is 1.74. The van der Waals surface area contributed by atoms with E-state index in [1.807, 2.05) is 0 Å². The van der Waals surface area contributed by atoms with Gasteiger partial charge in [0.2, 0.25) is 5.95 Å². The Hall–Kier alpha value is -2.30. The maximum atomic E-state index is 13.5. The van der Waals surface area contributed by atoms with Gasteiger partial charge in [-0.1, -0.05) is 12.1 Å². The minimum absolute atomic E-state index is 0.0386. The first-order chi connectivity index (χ1) is 8.56. The SMILES string of the molecule is Cc1ccc(NC(=O)c2cccc(F)n2)c(F)c1. The van der Waals surface area contributed by atoms with Crippen LogP contribution in [0.15, 0.2) is 36.4 Å². The van der Waals surface area contributed by atoms with E-state index in [1.165, 1.54) is 24.3 Å².